The van der Waals surface area contributed by atoms with Crippen LogP contribution in [0.2, 0.25) is 5.02 Å². The van der Waals surface area contributed by atoms with Crippen molar-refractivity contribution in [2.45, 2.75) is 6.61 Å². The van der Waals surface area contributed by atoms with E-state index in [9.17, 15) is 9.59 Å². The molecule has 0 amide bonds. The smallest absolute Gasteiger partial charge is 0.342 e. The van der Waals surface area contributed by atoms with Gasteiger partial charge in [0.05, 0.1) is 0 Å². The second-order valence-corrected chi connectivity index (χ2v) is 7.73. The van der Waals surface area contributed by atoms with E-state index in [-0.39, 0.29) is 24.6 Å². The molecule has 0 saturated heterocycles. The number of hydrogen-bond donors (Lipinski definition) is 0. The van der Waals surface area contributed by atoms with Crippen molar-refractivity contribution in [3.8, 4) is 16.9 Å². The van der Waals surface area contributed by atoms with Gasteiger partial charge in [-0.25, -0.2) is 4.79 Å². The molecule has 0 aliphatic carbocycles. The molecular weight excluding hydrogens is 436 g/mol. The minimum Gasteiger partial charge on any atom is -0.488 e. The lowest BCUT2D eigenvalue weighted by Gasteiger charge is -2.12. The van der Waals surface area contributed by atoms with Gasteiger partial charge in [-0.3, -0.25) is 4.79 Å². The number of para-hydroxylation sites is 1. The molecule has 0 N–H and O–H groups in total. The van der Waals surface area contributed by atoms with Crippen LogP contribution in [0.25, 0.3) is 11.1 Å². The largest absolute Gasteiger partial charge is 0.488 e. The Bertz CT molecular complexity index is 1250. The van der Waals surface area contributed by atoms with E-state index in [1.807, 2.05) is 60.7 Å². The van der Waals surface area contributed by atoms with Crippen LogP contribution in [0.3, 0.4) is 0 Å². The minimum atomic E-state index is -0.626. The number of carbonyl (C=O) groups excluding carboxylic acids is 2. The highest BCUT2D eigenvalue weighted by atomic mass is 35.5. The monoisotopic (exact) mass is 456 g/mol. The predicted octanol–water partition coefficient (Wildman–Crippen LogP) is 6.63. The number of ether oxygens (including phenoxy) is 2. The summed E-state index contributed by atoms with van der Waals surface area (Å²) in [6.07, 6.45) is 0. The fourth-order valence-electron chi connectivity index (χ4n) is 3.30. The van der Waals surface area contributed by atoms with E-state index in [0.717, 1.165) is 16.7 Å². The molecule has 0 saturated carbocycles. The fourth-order valence-corrected chi connectivity index (χ4v) is 3.49. The van der Waals surface area contributed by atoms with E-state index in [1.165, 1.54) is 0 Å². The second kappa shape index (κ2) is 10.6. The van der Waals surface area contributed by atoms with Crippen LogP contribution >= 0.6 is 11.6 Å². The Morgan fingerprint density at radius 2 is 1.33 bits per heavy atom. The summed E-state index contributed by atoms with van der Waals surface area (Å²) in [6.45, 7) is -0.154. The van der Waals surface area contributed by atoms with Gasteiger partial charge in [0.1, 0.15) is 17.9 Å². The van der Waals surface area contributed by atoms with Gasteiger partial charge < -0.3 is 9.47 Å². The lowest BCUT2D eigenvalue weighted by Crippen LogP contribution is -2.15. The van der Waals surface area contributed by atoms with Crippen molar-refractivity contribution in [3.63, 3.8) is 0 Å². The lowest BCUT2D eigenvalue weighted by atomic mass is 10.0. The molecule has 5 heteroatoms. The molecule has 4 aromatic carbocycles. The number of hydrogen-bond acceptors (Lipinski definition) is 4. The van der Waals surface area contributed by atoms with Crippen LogP contribution in [-0.4, -0.2) is 18.4 Å². The van der Waals surface area contributed by atoms with Crippen LogP contribution in [0.15, 0.2) is 103 Å². The standard InChI is InChI=1S/C28H21ClO4/c29-25-12-6-4-10-23(25)18-32-27-13-7-5-11-24(27)28(31)33-19-26(30)22-16-14-21(15-17-22)20-8-2-1-3-9-20/h1-17H,18-19H2. The van der Waals surface area contributed by atoms with Crippen LogP contribution in [0.4, 0.5) is 0 Å². The van der Waals surface area contributed by atoms with E-state index >= 15 is 0 Å². The molecule has 33 heavy (non-hydrogen) atoms. The van der Waals surface area contributed by atoms with Crippen molar-refractivity contribution in [2.24, 2.45) is 0 Å². The molecule has 0 bridgehead atoms. The summed E-state index contributed by atoms with van der Waals surface area (Å²) >= 11 is 6.17. The molecule has 0 unspecified atom stereocenters. The normalized spacial score (nSPS) is 10.5. The Morgan fingerprint density at radius 1 is 0.697 bits per heavy atom. The minimum absolute atomic E-state index is 0.205. The first-order valence-electron chi connectivity index (χ1n) is 10.4. The van der Waals surface area contributed by atoms with E-state index in [1.54, 1.807) is 42.5 Å². The molecule has 0 atom stereocenters. The summed E-state index contributed by atoms with van der Waals surface area (Å²) in [6, 6.07) is 31.2. The molecule has 0 fully saturated rings. The second-order valence-electron chi connectivity index (χ2n) is 7.32. The maximum absolute atomic E-state index is 12.6. The third-order valence-corrected chi connectivity index (χ3v) is 5.47. The average Bonchev–Trinajstić information content (AvgIpc) is 2.87. The zero-order chi connectivity index (χ0) is 23.0. The van der Waals surface area contributed by atoms with Gasteiger partial charge in [-0.05, 0) is 29.3 Å². The highest BCUT2D eigenvalue weighted by molar-refractivity contribution is 6.31. The summed E-state index contributed by atoms with van der Waals surface area (Å²) in [5.74, 6) is -0.543. The molecule has 0 heterocycles. The highest BCUT2D eigenvalue weighted by Gasteiger charge is 2.16. The van der Waals surface area contributed by atoms with Gasteiger partial charge in [0.2, 0.25) is 0 Å². The van der Waals surface area contributed by atoms with Crippen molar-refractivity contribution in [2.75, 3.05) is 6.61 Å². The zero-order valence-electron chi connectivity index (χ0n) is 17.7. The molecule has 4 aromatic rings. The summed E-state index contributed by atoms with van der Waals surface area (Å²) in [4.78, 5) is 25.2. The number of Topliss-reactive ketones (excluding diaryl/α,β-unsaturated/α-hetero) is 1. The quantitative estimate of drug-likeness (QED) is 0.220. The third-order valence-electron chi connectivity index (χ3n) is 5.10. The van der Waals surface area contributed by atoms with Gasteiger partial charge in [0.25, 0.3) is 0 Å². The predicted molar refractivity (Wildman–Crippen MR) is 129 cm³/mol. The molecule has 164 valence electrons. The van der Waals surface area contributed by atoms with Crippen LogP contribution in [0.5, 0.6) is 5.75 Å². The van der Waals surface area contributed by atoms with E-state index in [0.29, 0.717) is 16.3 Å². The Hall–Kier alpha value is -3.89. The molecular formula is C28H21ClO4. The summed E-state index contributed by atoms with van der Waals surface area (Å²) in [7, 11) is 0. The number of benzene rings is 4. The summed E-state index contributed by atoms with van der Waals surface area (Å²) in [5.41, 5.74) is 3.60. The summed E-state index contributed by atoms with van der Waals surface area (Å²) < 4.78 is 11.1. The SMILES string of the molecule is O=C(COC(=O)c1ccccc1OCc1ccccc1Cl)c1ccc(-c2ccccc2)cc1. The molecule has 0 aliphatic rings. The number of halogens is 1. The number of ketones is 1. The zero-order valence-corrected chi connectivity index (χ0v) is 18.5. The fraction of sp³-hybridized carbons (Fsp3) is 0.0714. The van der Waals surface area contributed by atoms with Crippen molar-refractivity contribution < 1.29 is 19.1 Å². The van der Waals surface area contributed by atoms with Crippen molar-refractivity contribution >= 4 is 23.4 Å². The molecule has 0 aromatic heterocycles. The molecule has 0 radical (unpaired) electrons. The highest BCUT2D eigenvalue weighted by Crippen LogP contribution is 2.23. The molecule has 0 spiro atoms. The van der Waals surface area contributed by atoms with Gasteiger partial charge >= 0.3 is 5.97 Å². The first kappa shape index (κ1) is 22.3. The maximum Gasteiger partial charge on any atom is 0.342 e. The van der Waals surface area contributed by atoms with Gasteiger partial charge in [-0.2, -0.15) is 0 Å². The lowest BCUT2D eigenvalue weighted by molar-refractivity contribution is 0.0470. The first-order valence-corrected chi connectivity index (χ1v) is 10.8. The van der Waals surface area contributed by atoms with Gasteiger partial charge in [0.15, 0.2) is 12.4 Å². The van der Waals surface area contributed by atoms with E-state index in [4.69, 9.17) is 21.1 Å². The van der Waals surface area contributed by atoms with Crippen molar-refractivity contribution in [1.29, 1.82) is 0 Å². The van der Waals surface area contributed by atoms with E-state index in [2.05, 4.69) is 0 Å². The third kappa shape index (κ3) is 5.68. The number of rotatable bonds is 8. The Kier molecular flexibility index (Phi) is 7.18. The van der Waals surface area contributed by atoms with Gasteiger partial charge in [-0.15, -0.1) is 0 Å². The Morgan fingerprint density at radius 3 is 2.09 bits per heavy atom. The van der Waals surface area contributed by atoms with Crippen LogP contribution in [0.1, 0.15) is 26.3 Å². The Balaban J connectivity index is 1.38. The van der Waals surface area contributed by atoms with Gasteiger partial charge in [-0.1, -0.05) is 96.5 Å². The van der Waals surface area contributed by atoms with Gasteiger partial charge in [0, 0.05) is 16.1 Å². The van der Waals surface area contributed by atoms with Crippen molar-refractivity contribution in [3.05, 3.63) is 125 Å². The van der Waals surface area contributed by atoms with Crippen molar-refractivity contribution in [1.82, 2.24) is 0 Å². The van der Waals surface area contributed by atoms with Crippen LogP contribution in [0, 0.1) is 0 Å². The molecule has 0 aliphatic heterocycles. The first-order chi connectivity index (χ1) is 16.1. The molecule has 4 rings (SSSR count). The summed E-state index contributed by atoms with van der Waals surface area (Å²) in [5, 5.41) is 0.585. The van der Waals surface area contributed by atoms with E-state index < -0.39 is 5.97 Å². The Labute approximate surface area is 197 Å². The molecule has 4 nitrogen and oxygen atoms in total. The average molecular weight is 457 g/mol. The number of esters is 1. The number of carbonyl (C=O) groups is 2. The van der Waals surface area contributed by atoms with Crippen LogP contribution in [-0.2, 0) is 11.3 Å². The topological polar surface area (TPSA) is 52.6 Å². The van der Waals surface area contributed by atoms with Crippen LogP contribution < -0.4 is 4.74 Å². The maximum atomic E-state index is 12.6.